The van der Waals surface area contributed by atoms with Gasteiger partial charge in [-0.15, -0.1) is 0 Å². The van der Waals surface area contributed by atoms with Gasteiger partial charge in [0.15, 0.2) is 0 Å². The van der Waals surface area contributed by atoms with Crippen LogP contribution >= 0.6 is 11.6 Å². The maximum atomic E-state index is 13.9. The maximum absolute atomic E-state index is 13.9. The van der Waals surface area contributed by atoms with Crippen LogP contribution in [0.15, 0.2) is 61.1 Å². The fourth-order valence-electron chi connectivity index (χ4n) is 7.10. The van der Waals surface area contributed by atoms with Gasteiger partial charge in [-0.2, -0.15) is 5.26 Å². The van der Waals surface area contributed by atoms with Gasteiger partial charge >= 0.3 is 0 Å². The predicted molar refractivity (Wildman–Crippen MR) is 172 cm³/mol. The number of rotatable bonds is 11. The van der Waals surface area contributed by atoms with E-state index in [-0.39, 0.29) is 30.3 Å². The summed E-state index contributed by atoms with van der Waals surface area (Å²) in [7, 11) is 1.88. The van der Waals surface area contributed by atoms with Crippen molar-refractivity contribution in [3.05, 3.63) is 88.5 Å². The summed E-state index contributed by atoms with van der Waals surface area (Å²) in [5.41, 5.74) is 3.57. The first-order chi connectivity index (χ1) is 21.3. The summed E-state index contributed by atoms with van der Waals surface area (Å²) in [5, 5.41) is 9.77. The molecule has 0 radical (unpaired) electrons. The van der Waals surface area contributed by atoms with E-state index in [0.29, 0.717) is 42.1 Å². The van der Waals surface area contributed by atoms with Crippen molar-refractivity contribution in [2.24, 2.45) is 11.8 Å². The monoisotopic (exact) mass is 614 g/mol. The van der Waals surface area contributed by atoms with Crippen molar-refractivity contribution in [2.75, 3.05) is 26.7 Å². The molecule has 0 spiro atoms. The van der Waals surface area contributed by atoms with Crippen LogP contribution in [-0.4, -0.2) is 74.8 Å². The Hall–Kier alpha value is -3.67. The van der Waals surface area contributed by atoms with E-state index in [4.69, 9.17) is 16.9 Å². The largest absolute Gasteiger partial charge is 0.340 e. The Bertz CT molecular complexity index is 1480. The highest BCUT2D eigenvalue weighted by molar-refractivity contribution is 6.30. The average molecular weight is 615 g/mol. The molecule has 2 aliphatic heterocycles. The number of halogens is 1. The molecular weight excluding hydrogens is 572 g/mol. The highest BCUT2D eigenvalue weighted by Gasteiger charge is 2.44. The molecule has 0 unspecified atom stereocenters. The van der Waals surface area contributed by atoms with E-state index in [2.05, 4.69) is 34.7 Å². The van der Waals surface area contributed by atoms with E-state index in [9.17, 15) is 9.59 Å². The van der Waals surface area contributed by atoms with Crippen LogP contribution in [0.2, 0.25) is 5.02 Å². The summed E-state index contributed by atoms with van der Waals surface area (Å²) in [4.78, 5) is 38.4. The number of imidazole rings is 1. The van der Waals surface area contributed by atoms with Crippen LogP contribution in [0, 0.1) is 23.2 Å². The SMILES string of the molecule is CC[C@H]1CCN(C[C@@H]2[C@@H](CC)CCN2C(=O)Cc2cncn2Cc2ccc(C#N)cc2)[C@@H]1C(=O)N(C)Cc1cccc(Cl)c1. The van der Waals surface area contributed by atoms with Gasteiger partial charge in [-0.05, 0) is 66.6 Å². The van der Waals surface area contributed by atoms with Crippen LogP contribution < -0.4 is 0 Å². The quantitative estimate of drug-likeness (QED) is 0.289. The lowest BCUT2D eigenvalue weighted by molar-refractivity contribution is -0.137. The number of hydrogen-bond donors (Lipinski definition) is 0. The second kappa shape index (κ2) is 14.4. The van der Waals surface area contributed by atoms with E-state index in [1.165, 1.54) is 0 Å². The fourth-order valence-corrected chi connectivity index (χ4v) is 7.31. The number of nitriles is 1. The van der Waals surface area contributed by atoms with E-state index in [0.717, 1.165) is 55.6 Å². The van der Waals surface area contributed by atoms with Gasteiger partial charge in [-0.1, -0.05) is 62.6 Å². The third-order valence-electron chi connectivity index (χ3n) is 9.61. The van der Waals surface area contributed by atoms with Gasteiger partial charge in [0.05, 0.1) is 30.4 Å². The zero-order chi connectivity index (χ0) is 31.2. The molecule has 2 saturated heterocycles. The maximum Gasteiger partial charge on any atom is 0.240 e. The molecule has 4 atom stereocenters. The van der Waals surface area contributed by atoms with Gasteiger partial charge in [-0.3, -0.25) is 14.5 Å². The molecule has 44 heavy (non-hydrogen) atoms. The summed E-state index contributed by atoms with van der Waals surface area (Å²) in [6.45, 7) is 7.81. The number of aromatic nitrogens is 2. The summed E-state index contributed by atoms with van der Waals surface area (Å²) >= 11 is 6.21. The molecule has 2 fully saturated rings. The van der Waals surface area contributed by atoms with Gasteiger partial charge in [-0.25, -0.2) is 4.98 Å². The van der Waals surface area contributed by atoms with Crippen molar-refractivity contribution in [3.8, 4) is 6.07 Å². The molecule has 0 N–H and O–H groups in total. The molecule has 0 saturated carbocycles. The standard InChI is InChI=1S/C35H43ClN6O2/c1-4-28-14-16-42(33(43)18-31-20-38-24-41(31)22-26-11-9-25(19-37)10-12-26)32(28)23-40-15-13-29(5-2)34(40)35(44)39(3)21-27-7-6-8-30(36)17-27/h6-12,17,20,24,28-29,32,34H,4-5,13-16,18,21-23H2,1-3H3/t28-,29-,32+,34-/m0/s1. The molecule has 3 aromatic rings. The van der Waals surface area contributed by atoms with Gasteiger partial charge in [0.2, 0.25) is 11.8 Å². The number of benzene rings is 2. The topological polar surface area (TPSA) is 85.5 Å². The lowest BCUT2D eigenvalue weighted by Gasteiger charge is -2.36. The minimum atomic E-state index is -0.187. The third kappa shape index (κ3) is 7.17. The van der Waals surface area contributed by atoms with Crippen molar-refractivity contribution >= 4 is 23.4 Å². The highest BCUT2D eigenvalue weighted by Crippen LogP contribution is 2.34. The predicted octanol–water partition coefficient (Wildman–Crippen LogP) is 5.39. The molecule has 0 aliphatic carbocycles. The Morgan fingerprint density at radius 1 is 1.05 bits per heavy atom. The molecule has 3 heterocycles. The van der Waals surface area contributed by atoms with Crippen LogP contribution in [-0.2, 0) is 29.1 Å². The minimum Gasteiger partial charge on any atom is -0.340 e. The first kappa shape index (κ1) is 31.7. The minimum absolute atomic E-state index is 0.0755. The Labute approximate surface area is 266 Å². The summed E-state index contributed by atoms with van der Waals surface area (Å²) in [6, 6.07) is 17.2. The number of likely N-dealkylation sites (N-methyl/N-ethyl adjacent to an activating group) is 1. The molecule has 9 heteroatoms. The Kier molecular flexibility index (Phi) is 10.4. The van der Waals surface area contributed by atoms with Gasteiger partial charge in [0.25, 0.3) is 0 Å². The Morgan fingerprint density at radius 3 is 2.50 bits per heavy atom. The number of likely N-dealkylation sites (tertiary alicyclic amines) is 2. The van der Waals surface area contributed by atoms with Gasteiger partial charge < -0.3 is 14.4 Å². The van der Waals surface area contributed by atoms with E-state index in [1.54, 1.807) is 12.5 Å². The van der Waals surface area contributed by atoms with Crippen LogP contribution in [0.3, 0.4) is 0 Å². The van der Waals surface area contributed by atoms with Crippen LogP contribution in [0.5, 0.6) is 0 Å². The number of nitrogens with zero attached hydrogens (tertiary/aromatic N) is 6. The summed E-state index contributed by atoms with van der Waals surface area (Å²) < 4.78 is 2.01. The van der Waals surface area contributed by atoms with Gasteiger partial charge in [0.1, 0.15) is 0 Å². The zero-order valence-electron chi connectivity index (χ0n) is 26.0. The summed E-state index contributed by atoms with van der Waals surface area (Å²) in [5.74, 6) is 0.958. The molecule has 8 nitrogen and oxygen atoms in total. The highest BCUT2D eigenvalue weighted by atomic mass is 35.5. The molecule has 232 valence electrons. The Morgan fingerprint density at radius 2 is 1.80 bits per heavy atom. The molecule has 2 aromatic carbocycles. The molecule has 5 rings (SSSR count). The summed E-state index contributed by atoms with van der Waals surface area (Å²) in [6.07, 6.45) is 7.75. The van der Waals surface area contributed by atoms with Gasteiger partial charge in [0, 0.05) is 56.2 Å². The first-order valence-electron chi connectivity index (χ1n) is 15.8. The van der Waals surface area contributed by atoms with Crippen molar-refractivity contribution < 1.29 is 9.59 Å². The average Bonchev–Trinajstić information content (AvgIpc) is 3.76. The van der Waals surface area contributed by atoms with Crippen molar-refractivity contribution in [3.63, 3.8) is 0 Å². The molecular formula is C35H43ClN6O2. The lowest BCUT2D eigenvalue weighted by atomic mass is 9.94. The Balaban J connectivity index is 1.28. The molecule has 1 aromatic heterocycles. The van der Waals surface area contributed by atoms with Crippen molar-refractivity contribution in [2.45, 2.75) is 71.1 Å². The number of hydrogen-bond acceptors (Lipinski definition) is 5. The molecule has 2 amide bonds. The van der Waals surface area contributed by atoms with Crippen LogP contribution in [0.4, 0.5) is 0 Å². The normalized spacial score (nSPS) is 21.8. The number of amides is 2. The smallest absolute Gasteiger partial charge is 0.240 e. The molecule has 2 aliphatic rings. The fraction of sp³-hybridized carbons (Fsp3) is 0.486. The lowest BCUT2D eigenvalue weighted by Crippen LogP contribution is -2.52. The van der Waals surface area contributed by atoms with Crippen molar-refractivity contribution in [1.29, 1.82) is 5.26 Å². The second-order valence-corrected chi connectivity index (χ2v) is 12.8. The third-order valence-corrected chi connectivity index (χ3v) is 9.84. The van der Waals surface area contributed by atoms with E-state index >= 15 is 0 Å². The molecule has 0 bridgehead atoms. The van der Waals surface area contributed by atoms with Crippen molar-refractivity contribution in [1.82, 2.24) is 24.3 Å². The number of carbonyl (C=O) groups excluding carboxylic acids is 2. The zero-order valence-corrected chi connectivity index (χ0v) is 26.8. The second-order valence-electron chi connectivity index (χ2n) is 12.3. The van der Waals surface area contributed by atoms with E-state index in [1.807, 2.05) is 65.0 Å². The van der Waals surface area contributed by atoms with Crippen LogP contribution in [0.25, 0.3) is 0 Å². The first-order valence-corrected chi connectivity index (χ1v) is 16.2. The van der Waals surface area contributed by atoms with E-state index < -0.39 is 0 Å². The van der Waals surface area contributed by atoms with Crippen LogP contribution in [0.1, 0.15) is 61.9 Å². The number of carbonyl (C=O) groups is 2.